The zero-order chi connectivity index (χ0) is 14.0. The zero-order valence-electron chi connectivity index (χ0n) is 11.4. The lowest BCUT2D eigenvalue weighted by Gasteiger charge is -2.28. The van der Waals surface area contributed by atoms with Gasteiger partial charge in [0.2, 0.25) is 0 Å². The molecule has 1 atom stereocenters. The molecule has 0 spiro atoms. The van der Waals surface area contributed by atoms with Crippen LogP contribution in [0.3, 0.4) is 0 Å². The van der Waals surface area contributed by atoms with Crippen LogP contribution in [0.1, 0.15) is 23.6 Å². The molecule has 0 radical (unpaired) electrons. The molecule has 2 rings (SSSR count). The van der Waals surface area contributed by atoms with Crippen LogP contribution < -0.4 is 10.5 Å². The second-order valence-corrected chi connectivity index (χ2v) is 4.89. The molecule has 0 heterocycles. The van der Waals surface area contributed by atoms with Crippen molar-refractivity contribution in [1.29, 1.82) is 0 Å². The van der Waals surface area contributed by atoms with Gasteiger partial charge in [-0.3, -0.25) is 0 Å². The van der Waals surface area contributed by atoms with Gasteiger partial charge in [0.05, 0.1) is 12.6 Å². The summed E-state index contributed by atoms with van der Waals surface area (Å²) in [6, 6.07) is 12.3. The molecule has 0 fully saturated rings. The second-order valence-electron chi connectivity index (χ2n) is 4.89. The first kappa shape index (κ1) is 13.6. The molecule has 0 saturated carbocycles. The van der Waals surface area contributed by atoms with E-state index >= 15 is 0 Å². The van der Waals surface area contributed by atoms with Crippen LogP contribution in [-0.2, 0) is 5.54 Å². The molecule has 0 aromatic heterocycles. The van der Waals surface area contributed by atoms with E-state index in [9.17, 15) is 4.39 Å². The molecule has 100 valence electrons. The normalized spacial score (nSPS) is 13.9. The van der Waals surface area contributed by atoms with Crippen LogP contribution in [0.4, 0.5) is 4.39 Å². The van der Waals surface area contributed by atoms with Crippen LogP contribution in [-0.4, -0.2) is 7.11 Å². The molecule has 0 bridgehead atoms. The van der Waals surface area contributed by atoms with Crippen molar-refractivity contribution in [3.8, 4) is 5.75 Å². The summed E-state index contributed by atoms with van der Waals surface area (Å²) in [5, 5.41) is 0. The highest BCUT2D eigenvalue weighted by Crippen LogP contribution is 2.30. The number of ether oxygens (including phenoxy) is 1. The third kappa shape index (κ3) is 2.61. The van der Waals surface area contributed by atoms with Crippen LogP contribution in [0, 0.1) is 12.7 Å². The van der Waals surface area contributed by atoms with Crippen LogP contribution >= 0.6 is 0 Å². The Kier molecular flexibility index (Phi) is 3.58. The predicted molar refractivity (Wildman–Crippen MR) is 74.8 cm³/mol. The lowest BCUT2D eigenvalue weighted by molar-refractivity contribution is 0.414. The number of benzene rings is 2. The monoisotopic (exact) mass is 259 g/mol. The second kappa shape index (κ2) is 5.02. The summed E-state index contributed by atoms with van der Waals surface area (Å²) in [4.78, 5) is 0. The summed E-state index contributed by atoms with van der Waals surface area (Å²) in [6.45, 7) is 3.79. The first-order chi connectivity index (χ1) is 8.95. The highest BCUT2D eigenvalue weighted by Gasteiger charge is 2.25. The molecule has 2 nitrogen and oxygen atoms in total. The molecular weight excluding hydrogens is 241 g/mol. The average Bonchev–Trinajstić information content (AvgIpc) is 2.38. The van der Waals surface area contributed by atoms with Crippen LogP contribution in [0.2, 0.25) is 0 Å². The Hall–Kier alpha value is -1.87. The third-order valence-electron chi connectivity index (χ3n) is 3.44. The maximum Gasteiger partial charge on any atom is 0.123 e. The van der Waals surface area contributed by atoms with Gasteiger partial charge in [0, 0.05) is 0 Å². The number of rotatable bonds is 3. The van der Waals surface area contributed by atoms with Gasteiger partial charge in [-0.1, -0.05) is 18.2 Å². The average molecular weight is 259 g/mol. The minimum absolute atomic E-state index is 0.244. The Labute approximate surface area is 113 Å². The van der Waals surface area contributed by atoms with E-state index in [1.54, 1.807) is 13.2 Å². The Bertz CT molecular complexity index is 576. The Morgan fingerprint density at radius 2 is 1.74 bits per heavy atom. The van der Waals surface area contributed by atoms with E-state index in [2.05, 4.69) is 0 Å². The van der Waals surface area contributed by atoms with E-state index in [-0.39, 0.29) is 5.82 Å². The molecule has 0 aliphatic rings. The summed E-state index contributed by atoms with van der Waals surface area (Å²) in [5.41, 5.74) is 8.50. The number of nitrogens with two attached hydrogens (primary N) is 1. The quantitative estimate of drug-likeness (QED) is 0.917. The summed E-state index contributed by atoms with van der Waals surface area (Å²) in [7, 11) is 1.63. The van der Waals surface area contributed by atoms with Crippen LogP contribution in [0.5, 0.6) is 5.75 Å². The van der Waals surface area contributed by atoms with Crippen LogP contribution in [0.25, 0.3) is 0 Å². The highest BCUT2D eigenvalue weighted by atomic mass is 19.1. The summed E-state index contributed by atoms with van der Waals surface area (Å²) >= 11 is 0. The number of aryl methyl sites for hydroxylation is 1. The van der Waals surface area contributed by atoms with E-state index in [0.29, 0.717) is 0 Å². The Morgan fingerprint density at radius 1 is 1.11 bits per heavy atom. The Morgan fingerprint density at radius 3 is 2.26 bits per heavy atom. The molecule has 0 aliphatic carbocycles. The lowest BCUT2D eigenvalue weighted by Crippen LogP contribution is -2.35. The molecular formula is C16H18FNO. The molecule has 1 unspecified atom stereocenters. The summed E-state index contributed by atoms with van der Waals surface area (Å²) in [5.74, 6) is 0.544. The minimum atomic E-state index is -0.663. The van der Waals surface area contributed by atoms with Crippen molar-refractivity contribution in [3.05, 3.63) is 65.0 Å². The largest absolute Gasteiger partial charge is 0.497 e. The topological polar surface area (TPSA) is 35.2 Å². The summed E-state index contributed by atoms with van der Waals surface area (Å²) < 4.78 is 18.3. The van der Waals surface area contributed by atoms with Gasteiger partial charge in [-0.05, 0) is 54.8 Å². The van der Waals surface area contributed by atoms with Gasteiger partial charge in [-0.15, -0.1) is 0 Å². The van der Waals surface area contributed by atoms with E-state index in [4.69, 9.17) is 10.5 Å². The van der Waals surface area contributed by atoms with Crippen LogP contribution in [0.15, 0.2) is 42.5 Å². The maximum absolute atomic E-state index is 13.2. The fraction of sp³-hybridized carbons (Fsp3) is 0.250. The fourth-order valence-electron chi connectivity index (χ4n) is 2.30. The minimum Gasteiger partial charge on any atom is -0.497 e. The summed E-state index contributed by atoms with van der Waals surface area (Å²) in [6.07, 6.45) is 0. The number of hydrogen-bond acceptors (Lipinski definition) is 2. The Balaban J connectivity index is 2.45. The highest BCUT2D eigenvalue weighted by molar-refractivity contribution is 5.43. The molecule has 19 heavy (non-hydrogen) atoms. The first-order valence-corrected chi connectivity index (χ1v) is 6.15. The van der Waals surface area contributed by atoms with Crippen molar-refractivity contribution in [2.24, 2.45) is 5.73 Å². The van der Waals surface area contributed by atoms with Crippen molar-refractivity contribution in [2.45, 2.75) is 19.4 Å². The maximum atomic E-state index is 13.2. The molecule has 2 N–H and O–H groups in total. The molecule has 0 aliphatic heterocycles. The zero-order valence-corrected chi connectivity index (χ0v) is 11.4. The molecule has 0 amide bonds. The van der Waals surface area contributed by atoms with Crippen molar-refractivity contribution in [2.75, 3.05) is 7.11 Å². The van der Waals surface area contributed by atoms with Gasteiger partial charge in [-0.25, -0.2) is 4.39 Å². The van der Waals surface area contributed by atoms with Gasteiger partial charge in [0.15, 0.2) is 0 Å². The predicted octanol–water partition coefficient (Wildman–Crippen LogP) is 3.36. The van der Waals surface area contributed by atoms with E-state index < -0.39 is 5.54 Å². The molecule has 3 heteroatoms. The first-order valence-electron chi connectivity index (χ1n) is 6.15. The number of methoxy groups -OCH3 is 1. The van der Waals surface area contributed by atoms with E-state index in [1.165, 1.54) is 12.1 Å². The van der Waals surface area contributed by atoms with Gasteiger partial charge in [0.25, 0.3) is 0 Å². The van der Waals surface area contributed by atoms with Gasteiger partial charge >= 0.3 is 0 Å². The SMILES string of the molecule is COc1ccc(C(C)(N)c2ccc(F)cc2C)cc1. The third-order valence-corrected chi connectivity index (χ3v) is 3.44. The smallest absolute Gasteiger partial charge is 0.123 e. The van der Waals surface area contributed by atoms with Gasteiger partial charge in [-0.2, -0.15) is 0 Å². The molecule has 2 aromatic rings. The molecule has 0 saturated heterocycles. The number of hydrogen-bond donors (Lipinski definition) is 1. The van der Waals surface area contributed by atoms with Gasteiger partial charge < -0.3 is 10.5 Å². The van der Waals surface area contributed by atoms with Gasteiger partial charge in [0.1, 0.15) is 11.6 Å². The lowest BCUT2D eigenvalue weighted by atomic mass is 9.83. The van der Waals surface area contributed by atoms with E-state index in [1.807, 2.05) is 38.1 Å². The van der Waals surface area contributed by atoms with E-state index in [0.717, 1.165) is 22.4 Å². The van der Waals surface area contributed by atoms with Crippen molar-refractivity contribution < 1.29 is 9.13 Å². The fourth-order valence-corrected chi connectivity index (χ4v) is 2.30. The van der Waals surface area contributed by atoms with Crippen molar-refractivity contribution in [1.82, 2.24) is 0 Å². The number of halogens is 1. The standard InChI is InChI=1S/C16H18FNO/c1-11-10-13(17)6-9-15(11)16(2,18)12-4-7-14(19-3)8-5-12/h4-10H,18H2,1-3H3. The van der Waals surface area contributed by atoms with Crippen molar-refractivity contribution in [3.63, 3.8) is 0 Å². The molecule has 2 aromatic carbocycles. The van der Waals surface area contributed by atoms with Crippen molar-refractivity contribution >= 4 is 0 Å².